The third-order valence-electron chi connectivity index (χ3n) is 6.94. The van der Waals surface area contributed by atoms with E-state index in [1.165, 1.54) is 0 Å². The standard InChI is InChI=1S/C20H32N4O2/c1-14-21-11-15(12-22-14)18(25)23(4)13-16-10-19(2)17(24(16)5)8-6-7-9-20(19,3)26/h11-12,16-17,26H,6-10,13H2,1-5H3/t16-,17-,19-,20+/m1/s1. The van der Waals surface area contributed by atoms with Gasteiger partial charge < -0.3 is 10.0 Å². The minimum atomic E-state index is -0.662. The molecule has 1 N–H and O–H groups in total. The highest BCUT2D eigenvalue weighted by Crippen LogP contribution is 2.52. The molecule has 0 unspecified atom stereocenters. The van der Waals surface area contributed by atoms with Crippen LogP contribution in [0.15, 0.2) is 12.4 Å². The zero-order valence-electron chi connectivity index (χ0n) is 16.7. The molecule has 2 aliphatic rings. The van der Waals surface area contributed by atoms with Crippen molar-refractivity contribution in [2.24, 2.45) is 5.41 Å². The average molecular weight is 361 g/mol. The molecule has 4 atom stereocenters. The van der Waals surface area contributed by atoms with Gasteiger partial charge in [-0.05, 0) is 40.2 Å². The highest BCUT2D eigenvalue weighted by molar-refractivity contribution is 5.93. The molecule has 144 valence electrons. The normalized spacial score (nSPS) is 35.0. The number of aromatic nitrogens is 2. The van der Waals surface area contributed by atoms with E-state index in [0.717, 1.165) is 32.1 Å². The van der Waals surface area contributed by atoms with Crippen molar-refractivity contribution in [1.29, 1.82) is 0 Å². The van der Waals surface area contributed by atoms with Crippen LogP contribution in [-0.4, -0.2) is 69.1 Å². The third-order valence-corrected chi connectivity index (χ3v) is 6.94. The van der Waals surface area contributed by atoms with Gasteiger partial charge >= 0.3 is 0 Å². The van der Waals surface area contributed by atoms with Crippen molar-refractivity contribution in [3.63, 3.8) is 0 Å². The first-order valence-corrected chi connectivity index (χ1v) is 9.64. The number of aliphatic hydroxyl groups is 1. The van der Waals surface area contributed by atoms with Gasteiger partial charge in [-0.3, -0.25) is 9.69 Å². The summed E-state index contributed by atoms with van der Waals surface area (Å²) in [4.78, 5) is 25.1. The van der Waals surface area contributed by atoms with Crippen molar-refractivity contribution >= 4 is 5.91 Å². The number of aryl methyl sites for hydroxylation is 1. The number of hydrogen-bond acceptors (Lipinski definition) is 5. The highest BCUT2D eigenvalue weighted by atomic mass is 16.3. The minimum Gasteiger partial charge on any atom is -0.390 e. The van der Waals surface area contributed by atoms with Crippen molar-refractivity contribution in [3.05, 3.63) is 23.8 Å². The fraction of sp³-hybridized carbons (Fsp3) is 0.750. The Hall–Kier alpha value is -1.53. The molecule has 2 fully saturated rings. The SMILES string of the molecule is Cc1ncc(C(=O)N(C)C[C@H]2C[C@]3(C)[C@@H](CCCC[C@]3(C)O)N2C)cn1. The van der Waals surface area contributed by atoms with Crippen molar-refractivity contribution in [2.45, 2.75) is 70.6 Å². The first-order chi connectivity index (χ1) is 12.2. The minimum absolute atomic E-state index is 0.0533. The lowest BCUT2D eigenvalue weighted by molar-refractivity contribution is -0.0754. The zero-order chi connectivity index (χ0) is 19.1. The van der Waals surface area contributed by atoms with Gasteiger partial charge in [-0.1, -0.05) is 19.8 Å². The van der Waals surface area contributed by atoms with Gasteiger partial charge in [0.2, 0.25) is 0 Å². The smallest absolute Gasteiger partial charge is 0.256 e. The Morgan fingerprint density at radius 1 is 1.35 bits per heavy atom. The van der Waals surface area contributed by atoms with Gasteiger partial charge in [0.25, 0.3) is 5.91 Å². The van der Waals surface area contributed by atoms with E-state index in [1.807, 2.05) is 20.9 Å². The van der Waals surface area contributed by atoms with E-state index >= 15 is 0 Å². The number of fused-ring (bicyclic) bond motifs is 1. The van der Waals surface area contributed by atoms with Crippen LogP contribution in [0.2, 0.25) is 0 Å². The lowest BCUT2D eigenvalue weighted by Gasteiger charge is -2.43. The molecule has 1 aromatic rings. The Kier molecular flexibility index (Phi) is 5.10. The van der Waals surface area contributed by atoms with Crippen LogP contribution in [-0.2, 0) is 0 Å². The van der Waals surface area contributed by atoms with Crippen LogP contribution in [0.4, 0.5) is 0 Å². The molecule has 0 radical (unpaired) electrons. The Morgan fingerprint density at radius 3 is 2.65 bits per heavy atom. The predicted molar refractivity (Wildman–Crippen MR) is 101 cm³/mol. The molecule has 26 heavy (non-hydrogen) atoms. The number of amides is 1. The number of likely N-dealkylation sites (tertiary alicyclic amines) is 1. The van der Waals surface area contributed by atoms with Gasteiger partial charge in [0.15, 0.2) is 0 Å². The first kappa shape index (κ1) is 19.2. The van der Waals surface area contributed by atoms with E-state index in [0.29, 0.717) is 24.0 Å². The summed E-state index contributed by atoms with van der Waals surface area (Å²) in [5.41, 5.74) is -0.282. The number of rotatable bonds is 3. The van der Waals surface area contributed by atoms with E-state index < -0.39 is 5.60 Å². The summed E-state index contributed by atoms with van der Waals surface area (Å²) in [6, 6.07) is 0.603. The van der Waals surface area contributed by atoms with Crippen LogP contribution in [0.25, 0.3) is 0 Å². The highest BCUT2D eigenvalue weighted by Gasteiger charge is 2.57. The molecule has 3 rings (SSSR count). The van der Waals surface area contributed by atoms with E-state index in [-0.39, 0.29) is 17.4 Å². The molecule has 0 bridgehead atoms. The molecule has 1 aliphatic carbocycles. The second-order valence-electron chi connectivity index (χ2n) is 8.68. The van der Waals surface area contributed by atoms with Crippen LogP contribution >= 0.6 is 0 Å². The summed E-state index contributed by atoms with van der Waals surface area (Å²) >= 11 is 0. The molecule has 1 amide bonds. The maximum absolute atomic E-state index is 12.7. The molecule has 1 saturated carbocycles. The van der Waals surface area contributed by atoms with Crippen LogP contribution in [0, 0.1) is 12.3 Å². The van der Waals surface area contributed by atoms with Gasteiger partial charge in [-0.15, -0.1) is 0 Å². The summed E-state index contributed by atoms with van der Waals surface area (Å²) in [6.07, 6.45) is 8.31. The topological polar surface area (TPSA) is 69.6 Å². The summed E-state index contributed by atoms with van der Waals surface area (Å²) < 4.78 is 0. The molecule has 1 saturated heterocycles. The van der Waals surface area contributed by atoms with Crippen molar-refractivity contribution < 1.29 is 9.90 Å². The average Bonchev–Trinajstić information content (AvgIpc) is 2.76. The molecular formula is C20H32N4O2. The van der Waals surface area contributed by atoms with Crippen LogP contribution < -0.4 is 0 Å². The second kappa shape index (κ2) is 6.89. The Morgan fingerprint density at radius 2 is 2.00 bits per heavy atom. The number of carbonyl (C=O) groups is 1. The number of likely N-dealkylation sites (N-methyl/N-ethyl adjacent to an activating group) is 2. The summed E-state index contributed by atoms with van der Waals surface area (Å²) in [7, 11) is 3.99. The van der Waals surface area contributed by atoms with Crippen molar-refractivity contribution in [3.8, 4) is 0 Å². The number of hydrogen-bond donors (Lipinski definition) is 1. The fourth-order valence-electron chi connectivity index (χ4n) is 4.98. The molecule has 2 heterocycles. The van der Waals surface area contributed by atoms with E-state index in [1.54, 1.807) is 17.3 Å². The molecule has 6 nitrogen and oxygen atoms in total. The number of carbonyl (C=O) groups excluding carboxylic acids is 1. The molecular weight excluding hydrogens is 328 g/mol. The monoisotopic (exact) mass is 360 g/mol. The molecule has 1 aromatic heterocycles. The fourth-order valence-corrected chi connectivity index (χ4v) is 4.98. The number of nitrogens with zero attached hydrogens (tertiary/aromatic N) is 4. The van der Waals surface area contributed by atoms with Gasteiger partial charge in [0, 0.05) is 43.5 Å². The van der Waals surface area contributed by atoms with Gasteiger partial charge in [0.05, 0.1) is 11.2 Å². The lowest BCUT2D eigenvalue weighted by Crippen LogP contribution is -2.50. The maximum atomic E-state index is 12.7. The van der Waals surface area contributed by atoms with E-state index in [4.69, 9.17) is 0 Å². The van der Waals surface area contributed by atoms with Crippen LogP contribution in [0.1, 0.15) is 62.1 Å². The first-order valence-electron chi connectivity index (χ1n) is 9.64. The summed E-state index contributed by atoms with van der Waals surface area (Å²) in [6.45, 7) is 6.68. The van der Waals surface area contributed by atoms with Crippen molar-refractivity contribution in [2.75, 3.05) is 20.6 Å². The summed E-state index contributed by atoms with van der Waals surface area (Å²) in [5.74, 6) is 0.609. The Labute approximate surface area is 156 Å². The maximum Gasteiger partial charge on any atom is 0.256 e. The van der Waals surface area contributed by atoms with Crippen LogP contribution in [0.5, 0.6) is 0 Å². The Balaban J connectivity index is 1.74. The summed E-state index contributed by atoms with van der Waals surface area (Å²) in [5, 5.41) is 11.1. The van der Waals surface area contributed by atoms with E-state index in [9.17, 15) is 9.90 Å². The molecule has 0 spiro atoms. The predicted octanol–water partition coefficient (Wildman–Crippen LogP) is 2.26. The quantitative estimate of drug-likeness (QED) is 0.895. The second-order valence-corrected chi connectivity index (χ2v) is 8.68. The molecule has 1 aliphatic heterocycles. The Bertz CT molecular complexity index is 660. The molecule has 6 heteroatoms. The largest absolute Gasteiger partial charge is 0.390 e. The van der Waals surface area contributed by atoms with Crippen molar-refractivity contribution in [1.82, 2.24) is 19.8 Å². The zero-order valence-corrected chi connectivity index (χ0v) is 16.7. The lowest BCUT2D eigenvalue weighted by atomic mass is 9.67. The molecule has 0 aromatic carbocycles. The van der Waals surface area contributed by atoms with Crippen LogP contribution in [0.3, 0.4) is 0 Å². The van der Waals surface area contributed by atoms with E-state index in [2.05, 4.69) is 28.8 Å². The third kappa shape index (κ3) is 3.25. The van der Waals surface area contributed by atoms with Gasteiger partial charge in [-0.25, -0.2) is 9.97 Å². The van der Waals surface area contributed by atoms with Gasteiger partial charge in [0.1, 0.15) is 5.82 Å². The van der Waals surface area contributed by atoms with Gasteiger partial charge in [-0.2, -0.15) is 0 Å².